The second-order valence-electron chi connectivity index (χ2n) is 9.48. The summed E-state index contributed by atoms with van der Waals surface area (Å²) in [5.74, 6) is -5.31. The number of esters is 3. The minimum atomic E-state index is -1.84. The summed E-state index contributed by atoms with van der Waals surface area (Å²) in [5, 5.41) is 21.9. The second kappa shape index (κ2) is 10.2. The van der Waals surface area contributed by atoms with Gasteiger partial charge in [0.05, 0.1) is 17.9 Å². The summed E-state index contributed by atoms with van der Waals surface area (Å²) in [5.41, 5.74) is -1.72. The molecule has 184 valence electrons. The monoisotopic (exact) mass is 466 g/mol. The van der Waals surface area contributed by atoms with Gasteiger partial charge in [-0.3, -0.25) is 9.59 Å². The molecule has 1 aliphatic carbocycles. The van der Waals surface area contributed by atoms with Gasteiger partial charge in [0.25, 0.3) is 0 Å². The first kappa shape index (κ1) is 26.7. The number of hydrogen-bond donors (Lipinski definition) is 2. The Morgan fingerprint density at radius 3 is 2.42 bits per heavy atom. The second-order valence-corrected chi connectivity index (χ2v) is 9.48. The van der Waals surface area contributed by atoms with E-state index in [9.17, 15) is 29.4 Å². The summed E-state index contributed by atoms with van der Waals surface area (Å²) in [6.45, 7) is 13.0. The van der Waals surface area contributed by atoms with Gasteiger partial charge in [0.1, 0.15) is 5.60 Å². The minimum Gasteiger partial charge on any atom is -0.454 e. The molecule has 2 fully saturated rings. The van der Waals surface area contributed by atoms with Crippen molar-refractivity contribution in [3.63, 3.8) is 0 Å². The molecule has 2 N–H and O–H groups in total. The quantitative estimate of drug-likeness (QED) is 0.360. The Balaban J connectivity index is 2.65. The number of allylic oxidation sites excluding steroid dienone is 1. The van der Waals surface area contributed by atoms with Gasteiger partial charge in [-0.2, -0.15) is 0 Å². The van der Waals surface area contributed by atoms with Crippen molar-refractivity contribution in [2.45, 2.75) is 84.4 Å². The van der Waals surface area contributed by atoms with Gasteiger partial charge < -0.3 is 24.4 Å². The van der Waals surface area contributed by atoms with Crippen LogP contribution in [-0.4, -0.2) is 63.9 Å². The van der Waals surface area contributed by atoms with Crippen LogP contribution in [0.1, 0.15) is 54.4 Å². The molecule has 0 amide bonds. The number of rotatable bonds is 4. The minimum absolute atomic E-state index is 0.0298. The number of hydrogen-bond acceptors (Lipinski definition) is 9. The normalized spacial score (nSPS) is 35.7. The Labute approximate surface area is 193 Å². The van der Waals surface area contributed by atoms with Crippen molar-refractivity contribution >= 4 is 23.7 Å². The number of fused-ring (bicyclic) bond motifs is 1. The van der Waals surface area contributed by atoms with E-state index in [2.05, 4.69) is 6.58 Å². The van der Waals surface area contributed by atoms with E-state index < -0.39 is 71.5 Å². The fraction of sp³-hybridized carbons (Fsp3) is 0.667. The maximum absolute atomic E-state index is 13.3. The van der Waals surface area contributed by atoms with Gasteiger partial charge in [-0.15, -0.1) is 0 Å². The molecule has 1 saturated heterocycles. The Morgan fingerprint density at radius 1 is 1.27 bits per heavy atom. The van der Waals surface area contributed by atoms with Crippen molar-refractivity contribution in [1.29, 1.82) is 0 Å². The first-order valence-electron chi connectivity index (χ1n) is 11.1. The molecular weight excluding hydrogens is 432 g/mol. The van der Waals surface area contributed by atoms with Crippen LogP contribution in [0.25, 0.3) is 0 Å². The van der Waals surface area contributed by atoms with Crippen molar-refractivity contribution in [2.24, 2.45) is 17.8 Å². The zero-order valence-corrected chi connectivity index (χ0v) is 20.0. The summed E-state index contributed by atoms with van der Waals surface area (Å²) in [6, 6.07) is 0. The van der Waals surface area contributed by atoms with Gasteiger partial charge in [-0.05, 0) is 27.2 Å². The summed E-state index contributed by atoms with van der Waals surface area (Å²) in [7, 11) is 0. The SMILES string of the molecule is C=C1C(=O)O[C@@H]2C1[C@H](OC(=O)C(C)C)C(=O)C(C)C[C@H](O)C[C@@](C)(O)C2OC(=O)/C(C)=C\C. The fourth-order valence-corrected chi connectivity index (χ4v) is 4.14. The van der Waals surface area contributed by atoms with Crippen molar-refractivity contribution in [3.05, 3.63) is 23.8 Å². The van der Waals surface area contributed by atoms with Crippen LogP contribution < -0.4 is 0 Å². The number of ether oxygens (including phenoxy) is 3. The zero-order valence-electron chi connectivity index (χ0n) is 20.0. The molecule has 9 nitrogen and oxygen atoms in total. The lowest BCUT2D eigenvalue weighted by Gasteiger charge is -2.41. The zero-order chi connectivity index (χ0) is 25.2. The van der Waals surface area contributed by atoms with Crippen LogP contribution in [-0.2, 0) is 33.4 Å². The number of aliphatic hydroxyl groups excluding tert-OH is 1. The number of Topliss-reactive ketones (excluding diaryl/α,β-unsaturated/α-hetero) is 1. The Morgan fingerprint density at radius 2 is 1.88 bits per heavy atom. The molecule has 0 bridgehead atoms. The van der Waals surface area contributed by atoms with Crippen molar-refractivity contribution in [2.75, 3.05) is 0 Å². The smallest absolute Gasteiger partial charge is 0.334 e. The molecule has 1 heterocycles. The van der Waals surface area contributed by atoms with E-state index in [0.29, 0.717) is 0 Å². The van der Waals surface area contributed by atoms with Crippen LogP contribution in [0.2, 0.25) is 0 Å². The molecule has 9 heteroatoms. The third-order valence-corrected chi connectivity index (χ3v) is 6.24. The van der Waals surface area contributed by atoms with Gasteiger partial charge in [0.2, 0.25) is 0 Å². The van der Waals surface area contributed by atoms with Crippen LogP contribution in [0.15, 0.2) is 23.8 Å². The van der Waals surface area contributed by atoms with Gasteiger partial charge in [-0.25, -0.2) is 9.59 Å². The van der Waals surface area contributed by atoms with E-state index in [1.165, 1.54) is 19.9 Å². The molecule has 0 aromatic rings. The van der Waals surface area contributed by atoms with Crippen molar-refractivity contribution < 1.29 is 43.6 Å². The van der Waals surface area contributed by atoms with Gasteiger partial charge in [-0.1, -0.05) is 33.4 Å². The average molecular weight is 467 g/mol. The summed E-state index contributed by atoms with van der Waals surface area (Å²) < 4.78 is 16.5. The molecule has 3 unspecified atom stereocenters. The van der Waals surface area contributed by atoms with Crippen molar-refractivity contribution in [3.8, 4) is 0 Å². The molecule has 0 radical (unpaired) electrons. The highest BCUT2D eigenvalue weighted by Crippen LogP contribution is 2.41. The molecule has 33 heavy (non-hydrogen) atoms. The van der Waals surface area contributed by atoms with Gasteiger partial charge in [0.15, 0.2) is 24.1 Å². The lowest BCUT2D eigenvalue weighted by Crippen LogP contribution is -2.57. The number of carbonyl (C=O) groups excluding carboxylic acids is 4. The topological polar surface area (TPSA) is 136 Å². The summed E-state index contributed by atoms with van der Waals surface area (Å²) in [6.07, 6.45) is -4.20. The van der Waals surface area contributed by atoms with Crippen LogP contribution in [0, 0.1) is 17.8 Å². The maximum Gasteiger partial charge on any atom is 0.334 e. The third-order valence-electron chi connectivity index (χ3n) is 6.24. The number of ketones is 1. The molecule has 7 atom stereocenters. The van der Waals surface area contributed by atoms with Crippen LogP contribution in [0.5, 0.6) is 0 Å². The molecule has 1 saturated carbocycles. The largest absolute Gasteiger partial charge is 0.454 e. The molecular formula is C24H34O9. The first-order valence-corrected chi connectivity index (χ1v) is 11.1. The molecule has 2 rings (SSSR count). The highest BCUT2D eigenvalue weighted by atomic mass is 16.6. The molecule has 0 aromatic heterocycles. The van der Waals surface area contributed by atoms with Crippen LogP contribution >= 0.6 is 0 Å². The van der Waals surface area contributed by atoms with Crippen LogP contribution in [0.4, 0.5) is 0 Å². The average Bonchev–Trinajstić information content (AvgIpc) is 3.01. The van der Waals surface area contributed by atoms with Crippen LogP contribution in [0.3, 0.4) is 0 Å². The first-order chi connectivity index (χ1) is 15.2. The molecule has 0 aromatic carbocycles. The number of carbonyl (C=O) groups is 4. The lowest BCUT2D eigenvalue weighted by molar-refractivity contribution is -0.195. The predicted octanol–water partition coefficient (Wildman–Crippen LogP) is 1.64. The third kappa shape index (κ3) is 5.70. The Kier molecular flexibility index (Phi) is 8.24. The molecule has 0 spiro atoms. The predicted molar refractivity (Wildman–Crippen MR) is 117 cm³/mol. The molecule has 2 aliphatic rings. The van der Waals surface area contributed by atoms with E-state index in [0.717, 1.165) is 0 Å². The van der Waals surface area contributed by atoms with Gasteiger partial charge in [0, 0.05) is 23.5 Å². The summed E-state index contributed by atoms with van der Waals surface area (Å²) >= 11 is 0. The Bertz CT molecular complexity index is 854. The van der Waals surface area contributed by atoms with E-state index in [-0.39, 0.29) is 24.0 Å². The van der Waals surface area contributed by atoms with E-state index in [1.807, 2.05) is 0 Å². The fourth-order valence-electron chi connectivity index (χ4n) is 4.14. The highest BCUT2D eigenvalue weighted by molar-refractivity contribution is 5.95. The van der Waals surface area contributed by atoms with E-state index >= 15 is 0 Å². The standard InChI is InChI=1S/C24H34O9/c1-8-12(4)22(28)33-20-19-16(14(6)23(29)32-19)18(31-21(27)11(2)3)17(26)13(5)9-15(25)10-24(20,7)30/h8,11,13,15-16,18-20,25,30H,6,9-10H2,1-5,7H3/b12-8-/t13?,15-,16?,18-,19+,20?,24+/m0/s1. The lowest BCUT2D eigenvalue weighted by atomic mass is 9.75. The van der Waals surface area contributed by atoms with E-state index in [1.54, 1.807) is 27.7 Å². The van der Waals surface area contributed by atoms with Gasteiger partial charge >= 0.3 is 17.9 Å². The van der Waals surface area contributed by atoms with Crippen molar-refractivity contribution in [1.82, 2.24) is 0 Å². The number of aliphatic hydroxyl groups is 2. The summed E-state index contributed by atoms with van der Waals surface area (Å²) in [4.78, 5) is 50.9. The highest BCUT2D eigenvalue weighted by Gasteiger charge is 2.57. The Hall–Kier alpha value is -2.52. The van der Waals surface area contributed by atoms with E-state index in [4.69, 9.17) is 14.2 Å². The molecule has 1 aliphatic heterocycles. The maximum atomic E-state index is 13.3.